The van der Waals surface area contributed by atoms with Crippen LogP contribution in [0.1, 0.15) is 0 Å². The van der Waals surface area contributed by atoms with Gasteiger partial charge in [-0.3, -0.25) is 0 Å². The van der Waals surface area contributed by atoms with Gasteiger partial charge in [-0.1, -0.05) is 4.44 Å². The molecule has 0 saturated carbocycles. The lowest BCUT2D eigenvalue weighted by atomic mass is 12.0. The van der Waals surface area contributed by atoms with Crippen molar-refractivity contribution in [2.24, 2.45) is 0 Å². The van der Waals surface area contributed by atoms with E-state index in [4.69, 9.17) is 0 Å². The van der Waals surface area contributed by atoms with Crippen LogP contribution in [-0.4, -0.2) is 6.26 Å². The molecule has 0 saturated heterocycles. The standard InChI is InChI=1S/CH3ClO3S/c1-6-5-4-3-2/h1H3. The van der Waals surface area contributed by atoms with Crippen molar-refractivity contribution in [2.45, 2.75) is 0 Å². The molecule has 6 heavy (non-hydrogen) atoms. The summed E-state index contributed by atoms with van der Waals surface area (Å²) in [5.41, 5.74) is 0. The maximum Gasteiger partial charge on any atom is 0.103 e. The zero-order chi connectivity index (χ0) is 4.83. The van der Waals surface area contributed by atoms with E-state index >= 15 is 0 Å². The highest BCUT2D eigenvalue weighted by Crippen LogP contribution is 1.95. The Bertz CT molecular complexity index is 22.8. The van der Waals surface area contributed by atoms with Crippen LogP contribution in [0.5, 0.6) is 0 Å². The second-order valence-corrected chi connectivity index (χ2v) is 0.961. The maximum absolute atomic E-state index is 4.52. The van der Waals surface area contributed by atoms with E-state index in [1.54, 1.807) is 6.26 Å². The van der Waals surface area contributed by atoms with Gasteiger partial charge in [0, 0.05) is 18.3 Å². The summed E-state index contributed by atoms with van der Waals surface area (Å²) < 4.78 is 7.56. The molecule has 0 aliphatic heterocycles. The third kappa shape index (κ3) is 4.52. The average molecular weight is 131 g/mol. The topological polar surface area (TPSA) is 27.7 Å². The molecule has 0 fully saturated rings. The zero-order valence-electron chi connectivity index (χ0n) is 3.01. The summed E-state index contributed by atoms with van der Waals surface area (Å²) in [5, 5.41) is 3.71. The van der Waals surface area contributed by atoms with E-state index in [9.17, 15) is 0 Å². The molecular weight excluding hydrogens is 128 g/mol. The van der Waals surface area contributed by atoms with Gasteiger partial charge in [0.15, 0.2) is 0 Å². The predicted molar refractivity (Wildman–Crippen MR) is 22.6 cm³/mol. The first-order chi connectivity index (χ1) is 2.91. The first kappa shape index (κ1) is 6.52. The van der Waals surface area contributed by atoms with Crippen molar-refractivity contribution in [2.75, 3.05) is 6.26 Å². The molecule has 0 heterocycles. The lowest BCUT2D eigenvalue weighted by Crippen LogP contribution is -1.75. The lowest BCUT2D eigenvalue weighted by Gasteiger charge is -1.85. The summed E-state index contributed by atoms with van der Waals surface area (Å²) in [4.78, 5) is 0. The lowest BCUT2D eigenvalue weighted by molar-refractivity contribution is -0.403. The third-order valence-corrected chi connectivity index (χ3v) is 0.365. The van der Waals surface area contributed by atoms with Crippen LogP contribution in [0.3, 0.4) is 0 Å². The van der Waals surface area contributed by atoms with Crippen molar-refractivity contribution in [1.29, 1.82) is 0 Å². The summed E-state index contributed by atoms with van der Waals surface area (Å²) in [7, 11) is 0. The molecular formula is CH3ClO3S. The van der Waals surface area contributed by atoms with Crippen molar-refractivity contribution in [3.05, 3.63) is 0 Å². The van der Waals surface area contributed by atoms with Crippen LogP contribution in [0.25, 0.3) is 0 Å². The van der Waals surface area contributed by atoms with E-state index in [0.717, 1.165) is 12.0 Å². The maximum atomic E-state index is 4.52. The Hall–Kier alpha value is 0.520. The van der Waals surface area contributed by atoms with E-state index in [0.29, 0.717) is 0 Å². The monoisotopic (exact) mass is 130 g/mol. The van der Waals surface area contributed by atoms with Crippen molar-refractivity contribution < 1.29 is 13.8 Å². The van der Waals surface area contributed by atoms with E-state index in [2.05, 4.69) is 25.7 Å². The fourth-order valence-electron chi connectivity index (χ4n) is 0.0383. The molecule has 0 N–H and O–H groups in total. The van der Waals surface area contributed by atoms with Crippen LogP contribution in [0.2, 0.25) is 0 Å². The molecule has 38 valence electrons. The Morgan fingerprint density at radius 2 is 2.33 bits per heavy atom. The highest BCUT2D eigenvalue weighted by molar-refractivity contribution is 7.93. The highest BCUT2D eigenvalue weighted by atomic mass is 35.5. The van der Waals surface area contributed by atoms with Gasteiger partial charge in [0.2, 0.25) is 0 Å². The molecule has 3 nitrogen and oxygen atoms in total. The molecule has 0 atom stereocenters. The highest BCUT2D eigenvalue weighted by Gasteiger charge is 1.76. The first-order valence-electron chi connectivity index (χ1n) is 1.06. The number of hydrogen-bond donors (Lipinski definition) is 0. The Morgan fingerprint density at radius 3 is 2.50 bits per heavy atom. The molecule has 0 rings (SSSR count). The Kier molecular flexibility index (Phi) is 6.00. The molecule has 0 spiro atoms. The van der Waals surface area contributed by atoms with Crippen molar-refractivity contribution in [1.82, 2.24) is 0 Å². The second-order valence-electron chi connectivity index (χ2n) is 0.366. The van der Waals surface area contributed by atoms with Crippen LogP contribution in [-0.2, 0) is 13.8 Å². The van der Waals surface area contributed by atoms with Gasteiger partial charge in [-0.25, -0.2) is 0 Å². The summed E-state index contributed by atoms with van der Waals surface area (Å²) >= 11 is 5.51. The Morgan fingerprint density at radius 1 is 1.67 bits per heavy atom. The van der Waals surface area contributed by atoms with Crippen LogP contribution < -0.4 is 0 Å². The number of hydrogen-bond acceptors (Lipinski definition) is 4. The molecule has 0 aromatic rings. The van der Waals surface area contributed by atoms with Crippen LogP contribution >= 0.6 is 23.9 Å². The van der Waals surface area contributed by atoms with Gasteiger partial charge in [0.25, 0.3) is 0 Å². The second kappa shape index (κ2) is 5.52. The SMILES string of the molecule is CSOOOCl. The quantitative estimate of drug-likeness (QED) is 0.249. The fraction of sp³-hybridized carbons (Fsp3) is 1.00. The van der Waals surface area contributed by atoms with Crippen molar-refractivity contribution in [3.63, 3.8) is 0 Å². The summed E-state index contributed by atoms with van der Waals surface area (Å²) in [6, 6.07) is 0. The molecule has 0 radical (unpaired) electrons. The summed E-state index contributed by atoms with van der Waals surface area (Å²) in [6.45, 7) is 0. The summed E-state index contributed by atoms with van der Waals surface area (Å²) in [5.74, 6) is 0. The van der Waals surface area contributed by atoms with Gasteiger partial charge in [-0.05, 0) is 5.04 Å². The van der Waals surface area contributed by atoms with E-state index < -0.39 is 0 Å². The van der Waals surface area contributed by atoms with Crippen LogP contribution in [0, 0.1) is 0 Å². The minimum Gasteiger partial charge on any atom is -0.132 e. The minimum atomic E-state index is 0.995. The van der Waals surface area contributed by atoms with E-state index in [1.165, 1.54) is 0 Å². The number of rotatable bonds is 3. The Balaban J connectivity index is 2.34. The molecule has 0 aliphatic rings. The summed E-state index contributed by atoms with van der Waals surface area (Å²) in [6.07, 6.45) is 1.66. The molecule has 0 unspecified atom stereocenters. The molecule has 0 aromatic carbocycles. The van der Waals surface area contributed by atoms with Gasteiger partial charge < -0.3 is 0 Å². The minimum absolute atomic E-state index is 0.995. The Labute approximate surface area is 44.7 Å². The van der Waals surface area contributed by atoms with Gasteiger partial charge in [0.05, 0.1) is 0 Å². The van der Waals surface area contributed by atoms with Gasteiger partial charge in [0.1, 0.15) is 11.9 Å². The molecule has 0 aliphatic carbocycles. The smallest absolute Gasteiger partial charge is 0.103 e. The van der Waals surface area contributed by atoms with Crippen molar-refractivity contribution >= 4 is 23.9 Å². The zero-order valence-corrected chi connectivity index (χ0v) is 4.58. The van der Waals surface area contributed by atoms with Crippen molar-refractivity contribution in [3.8, 4) is 0 Å². The first-order valence-corrected chi connectivity index (χ1v) is 2.52. The molecule has 5 heteroatoms. The third-order valence-electron chi connectivity index (χ3n) is 0.122. The largest absolute Gasteiger partial charge is 0.132 e. The van der Waals surface area contributed by atoms with Crippen LogP contribution in [0.15, 0.2) is 0 Å². The molecule has 0 bridgehead atoms. The normalized spacial score (nSPS) is 9.00. The van der Waals surface area contributed by atoms with E-state index in [1.807, 2.05) is 0 Å². The fourth-order valence-corrected chi connectivity index (χ4v) is 0.178. The van der Waals surface area contributed by atoms with Gasteiger partial charge in [-0.15, -0.1) is 4.33 Å². The molecule has 0 aromatic heterocycles. The number of halogens is 1. The molecule has 0 amide bonds. The predicted octanol–water partition coefficient (Wildman–Crippen LogP) is 1.30. The van der Waals surface area contributed by atoms with Crippen LogP contribution in [0.4, 0.5) is 0 Å². The van der Waals surface area contributed by atoms with Gasteiger partial charge >= 0.3 is 0 Å². The average Bonchev–Trinajstić information content (AvgIpc) is 1.61. The van der Waals surface area contributed by atoms with E-state index in [-0.39, 0.29) is 0 Å². The van der Waals surface area contributed by atoms with Gasteiger partial charge in [-0.2, -0.15) is 0 Å².